The first kappa shape index (κ1) is 14.4. The summed E-state index contributed by atoms with van der Waals surface area (Å²) in [6.45, 7) is 2.97. The van der Waals surface area contributed by atoms with Gasteiger partial charge in [0.1, 0.15) is 0 Å². The molecule has 0 amide bonds. The van der Waals surface area contributed by atoms with Crippen molar-refractivity contribution in [3.05, 3.63) is 0 Å². The van der Waals surface area contributed by atoms with Crippen molar-refractivity contribution in [3.8, 4) is 0 Å². The molecule has 3 rings (SSSR count). The van der Waals surface area contributed by atoms with E-state index in [2.05, 4.69) is 6.92 Å². The van der Waals surface area contributed by atoms with Crippen LogP contribution in [0.3, 0.4) is 0 Å². The monoisotopic (exact) mass is 280 g/mol. The number of hydrogen-bond acceptors (Lipinski definition) is 2. The first-order valence-electron chi connectivity index (χ1n) is 8.48. The van der Waals surface area contributed by atoms with E-state index in [0.29, 0.717) is 11.8 Å². The topological polar surface area (TPSA) is 46.5 Å². The zero-order valence-electron chi connectivity index (χ0n) is 12.7. The van der Waals surface area contributed by atoms with Gasteiger partial charge in [-0.2, -0.15) is 0 Å². The van der Waals surface area contributed by atoms with E-state index in [4.69, 9.17) is 4.74 Å². The Morgan fingerprint density at radius 2 is 1.95 bits per heavy atom. The number of rotatable bonds is 3. The normalized spacial score (nSPS) is 40.2. The van der Waals surface area contributed by atoms with Crippen LogP contribution in [0, 0.1) is 17.3 Å². The average Bonchev–Trinajstić information content (AvgIpc) is 3.07. The van der Waals surface area contributed by atoms with Crippen LogP contribution in [0.4, 0.5) is 0 Å². The summed E-state index contributed by atoms with van der Waals surface area (Å²) in [4.78, 5) is 12.0. The van der Waals surface area contributed by atoms with Crippen molar-refractivity contribution in [2.75, 3.05) is 6.61 Å². The average molecular weight is 280 g/mol. The van der Waals surface area contributed by atoms with Crippen molar-refractivity contribution >= 4 is 5.97 Å². The molecule has 2 saturated carbocycles. The molecule has 3 fully saturated rings. The minimum atomic E-state index is -0.534. The third kappa shape index (κ3) is 2.28. The fourth-order valence-electron chi connectivity index (χ4n) is 5.14. The Morgan fingerprint density at radius 3 is 2.55 bits per heavy atom. The SMILES string of the molecule is CCC1CCC(C(=O)O)(C2CCOC3(CCCC3)C2)C1. The van der Waals surface area contributed by atoms with E-state index in [1.54, 1.807) is 0 Å². The molecule has 0 bridgehead atoms. The van der Waals surface area contributed by atoms with Gasteiger partial charge in [-0.05, 0) is 56.8 Å². The number of carboxylic acids is 1. The lowest BCUT2D eigenvalue weighted by atomic mass is 9.66. The molecule has 0 aromatic rings. The van der Waals surface area contributed by atoms with Gasteiger partial charge in [0.25, 0.3) is 0 Å². The van der Waals surface area contributed by atoms with E-state index >= 15 is 0 Å². The van der Waals surface area contributed by atoms with Gasteiger partial charge in [0.15, 0.2) is 0 Å². The molecule has 0 radical (unpaired) electrons. The highest BCUT2D eigenvalue weighted by atomic mass is 16.5. The Morgan fingerprint density at radius 1 is 1.20 bits per heavy atom. The van der Waals surface area contributed by atoms with Gasteiger partial charge in [0.2, 0.25) is 0 Å². The maximum atomic E-state index is 12.0. The van der Waals surface area contributed by atoms with Gasteiger partial charge in [0.05, 0.1) is 11.0 Å². The number of ether oxygens (including phenoxy) is 1. The van der Waals surface area contributed by atoms with Gasteiger partial charge < -0.3 is 9.84 Å². The zero-order chi connectivity index (χ0) is 14.2. The first-order valence-corrected chi connectivity index (χ1v) is 8.48. The molecule has 3 heteroatoms. The summed E-state index contributed by atoms with van der Waals surface area (Å²) >= 11 is 0. The lowest BCUT2D eigenvalue weighted by Gasteiger charge is -2.44. The van der Waals surface area contributed by atoms with E-state index in [-0.39, 0.29) is 5.60 Å². The molecule has 0 aromatic carbocycles. The Bertz CT molecular complexity index is 372. The molecule has 2 aliphatic carbocycles. The second-order valence-corrected chi connectivity index (χ2v) is 7.41. The largest absolute Gasteiger partial charge is 0.481 e. The van der Waals surface area contributed by atoms with Crippen LogP contribution in [-0.4, -0.2) is 23.3 Å². The molecule has 0 aromatic heterocycles. The van der Waals surface area contributed by atoms with Gasteiger partial charge in [-0.15, -0.1) is 0 Å². The predicted octanol–water partition coefficient (Wildman–Crippen LogP) is 4.01. The molecule has 3 atom stereocenters. The summed E-state index contributed by atoms with van der Waals surface area (Å²) in [5.41, 5.74) is -0.407. The molecule has 3 aliphatic rings. The van der Waals surface area contributed by atoms with Gasteiger partial charge in [0, 0.05) is 6.61 Å². The summed E-state index contributed by atoms with van der Waals surface area (Å²) < 4.78 is 6.10. The molecular formula is C17H28O3. The first-order chi connectivity index (χ1) is 9.60. The van der Waals surface area contributed by atoms with E-state index in [1.165, 1.54) is 12.8 Å². The highest BCUT2D eigenvalue weighted by Gasteiger charge is 2.54. The van der Waals surface area contributed by atoms with Gasteiger partial charge in [-0.25, -0.2) is 0 Å². The molecule has 1 spiro atoms. The Hall–Kier alpha value is -0.570. The Kier molecular flexibility index (Phi) is 3.83. The van der Waals surface area contributed by atoms with Crippen molar-refractivity contribution < 1.29 is 14.6 Å². The molecule has 1 saturated heterocycles. The lowest BCUT2D eigenvalue weighted by molar-refractivity contribution is -0.163. The lowest BCUT2D eigenvalue weighted by Crippen LogP contribution is -2.46. The van der Waals surface area contributed by atoms with Gasteiger partial charge in [-0.3, -0.25) is 4.79 Å². The number of hydrogen-bond donors (Lipinski definition) is 1. The molecule has 1 N–H and O–H groups in total. The third-order valence-electron chi connectivity index (χ3n) is 6.44. The molecule has 114 valence electrons. The molecule has 1 heterocycles. The quantitative estimate of drug-likeness (QED) is 0.849. The van der Waals surface area contributed by atoms with E-state index in [0.717, 1.165) is 58.0 Å². The fourth-order valence-corrected chi connectivity index (χ4v) is 5.14. The summed E-state index contributed by atoms with van der Waals surface area (Å²) in [5, 5.41) is 9.92. The minimum absolute atomic E-state index is 0.0374. The van der Waals surface area contributed by atoms with Crippen molar-refractivity contribution in [2.45, 2.75) is 76.7 Å². The molecule has 20 heavy (non-hydrogen) atoms. The van der Waals surface area contributed by atoms with E-state index in [1.807, 2.05) is 0 Å². The van der Waals surface area contributed by atoms with Crippen molar-refractivity contribution in [1.82, 2.24) is 0 Å². The van der Waals surface area contributed by atoms with Crippen molar-refractivity contribution in [3.63, 3.8) is 0 Å². The van der Waals surface area contributed by atoms with Crippen LogP contribution >= 0.6 is 0 Å². The minimum Gasteiger partial charge on any atom is -0.481 e. The number of carboxylic acid groups (broad SMARTS) is 1. The fraction of sp³-hybridized carbons (Fsp3) is 0.941. The standard InChI is InChI=1S/C17H28O3/c1-2-13-5-9-17(11-13,15(18)19)14-6-10-20-16(12-14)7-3-4-8-16/h13-14H,2-12H2,1H3,(H,18,19). The summed E-state index contributed by atoms with van der Waals surface area (Å²) in [7, 11) is 0. The van der Waals surface area contributed by atoms with Crippen LogP contribution in [0.5, 0.6) is 0 Å². The molecule has 3 nitrogen and oxygen atoms in total. The van der Waals surface area contributed by atoms with Crippen LogP contribution in [0.15, 0.2) is 0 Å². The van der Waals surface area contributed by atoms with Crippen molar-refractivity contribution in [1.29, 1.82) is 0 Å². The zero-order valence-corrected chi connectivity index (χ0v) is 12.7. The second-order valence-electron chi connectivity index (χ2n) is 7.41. The highest BCUT2D eigenvalue weighted by molar-refractivity contribution is 5.75. The van der Waals surface area contributed by atoms with E-state index in [9.17, 15) is 9.90 Å². The van der Waals surface area contributed by atoms with Crippen LogP contribution in [-0.2, 0) is 9.53 Å². The van der Waals surface area contributed by atoms with Crippen LogP contribution < -0.4 is 0 Å². The van der Waals surface area contributed by atoms with E-state index < -0.39 is 11.4 Å². The summed E-state index contributed by atoms with van der Waals surface area (Å²) in [5.74, 6) is 0.422. The van der Waals surface area contributed by atoms with Crippen LogP contribution in [0.2, 0.25) is 0 Å². The van der Waals surface area contributed by atoms with Crippen LogP contribution in [0.25, 0.3) is 0 Å². The molecular weight excluding hydrogens is 252 g/mol. The van der Waals surface area contributed by atoms with Crippen LogP contribution in [0.1, 0.15) is 71.1 Å². The maximum Gasteiger partial charge on any atom is 0.309 e. The smallest absolute Gasteiger partial charge is 0.309 e. The predicted molar refractivity (Wildman–Crippen MR) is 77.6 cm³/mol. The third-order valence-corrected chi connectivity index (χ3v) is 6.44. The number of aliphatic carboxylic acids is 1. The molecule has 3 unspecified atom stereocenters. The Labute approximate surface area is 122 Å². The highest BCUT2D eigenvalue weighted by Crippen LogP contribution is 2.55. The van der Waals surface area contributed by atoms with Gasteiger partial charge in [-0.1, -0.05) is 26.2 Å². The van der Waals surface area contributed by atoms with Gasteiger partial charge >= 0.3 is 5.97 Å². The number of carbonyl (C=O) groups is 1. The summed E-state index contributed by atoms with van der Waals surface area (Å²) in [6, 6.07) is 0. The summed E-state index contributed by atoms with van der Waals surface area (Å²) in [6.07, 6.45) is 10.8. The maximum absolute atomic E-state index is 12.0. The second kappa shape index (κ2) is 5.32. The van der Waals surface area contributed by atoms with Crippen molar-refractivity contribution in [2.24, 2.45) is 17.3 Å². The molecule has 1 aliphatic heterocycles. The Balaban J connectivity index is 1.79.